The molecule has 0 aliphatic rings. The van der Waals surface area contributed by atoms with Crippen molar-refractivity contribution in [1.29, 1.82) is 0 Å². The van der Waals surface area contributed by atoms with Crippen LogP contribution < -0.4 is 0 Å². The predicted molar refractivity (Wildman–Crippen MR) is 77.9 cm³/mol. The van der Waals surface area contributed by atoms with Crippen LogP contribution in [0.1, 0.15) is 45.6 Å². The van der Waals surface area contributed by atoms with E-state index in [-0.39, 0.29) is 11.8 Å². The molecule has 4 heteroatoms. The number of carboxylic acid groups (broad SMARTS) is 1. The Morgan fingerprint density at radius 2 is 1.74 bits per heavy atom. The number of hydrogen-bond acceptors (Lipinski definition) is 2. The zero-order valence-electron chi connectivity index (χ0n) is 11.8. The average molecular weight is 282 g/mol. The Morgan fingerprint density at radius 1 is 1.16 bits per heavy atom. The standard InChI is InChI=1S/C15H22O3S/c1-15(2,3)12-7-9-13(10-8-12)19(18)11-5-4-6-14(16)17/h7-10H,4-6,11H2,1-3H3,(H,16,17). The van der Waals surface area contributed by atoms with E-state index in [1.165, 1.54) is 5.56 Å². The summed E-state index contributed by atoms with van der Waals surface area (Å²) in [6.45, 7) is 6.43. The topological polar surface area (TPSA) is 54.4 Å². The summed E-state index contributed by atoms with van der Waals surface area (Å²) in [5.74, 6) is -0.261. The number of aliphatic carboxylic acids is 1. The summed E-state index contributed by atoms with van der Waals surface area (Å²) < 4.78 is 12.0. The van der Waals surface area contributed by atoms with E-state index in [1.54, 1.807) is 0 Å². The first-order chi connectivity index (χ1) is 8.80. The number of benzene rings is 1. The third kappa shape index (κ3) is 5.55. The summed E-state index contributed by atoms with van der Waals surface area (Å²) in [6.07, 6.45) is 1.42. The normalized spacial score (nSPS) is 13.2. The molecule has 0 aromatic heterocycles. The molecule has 0 aliphatic heterocycles. The molecule has 1 aromatic rings. The Labute approximate surface area is 117 Å². The number of unbranched alkanes of at least 4 members (excludes halogenated alkanes) is 1. The molecule has 1 rings (SSSR count). The van der Waals surface area contributed by atoms with Crippen molar-refractivity contribution in [3.05, 3.63) is 29.8 Å². The summed E-state index contributed by atoms with van der Waals surface area (Å²) in [7, 11) is -1.03. The number of carboxylic acids is 1. The molecule has 0 amide bonds. The molecule has 1 atom stereocenters. The number of carbonyl (C=O) groups is 1. The van der Waals surface area contributed by atoms with Gasteiger partial charge in [0.2, 0.25) is 0 Å². The maximum Gasteiger partial charge on any atom is 0.303 e. The van der Waals surface area contributed by atoms with E-state index in [9.17, 15) is 9.00 Å². The van der Waals surface area contributed by atoms with Crippen molar-refractivity contribution in [2.45, 2.75) is 50.3 Å². The van der Waals surface area contributed by atoms with Gasteiger partial charge < -0.3 is 5.11 Å². The lowest BCUT2D eigenvalue weighted by Gasteiger charge is -2.19. The lowest BCUT2D eigenvalue weighted by Crippen LogP contribution is -2.11. The van der Waals surface area contributed by atoms with Crippen LogP contribution in [0.5, 0.6) is 0 Å². The second-order valence-electron chi connectivity index (χ2n) is 5.67. The Morgan fingerprint density at radius 3 is 2.21 bits per heavy atom. The fourth-order valence-electron chi connectivity index (χ4n) is 1.73. The van der Waals surface area contributed by atoms with Gasteiger partial charge in [0, 0.05) is 17.1 Å². The lowest BCUT2D eigenvalue weighted by atomic mass is 9.87. The van der Waals surface area contributed by atoms with Crippen LogP contribution in [0, 0.1) is 0 Å². The van der Waals surface area contributed by atoms with Gasteiger partial charge in [0.25, 0.3) is 0 Å². The molecule has 0 saturated heterocycles. The highest BCUT2D eigenvalue weighted by Crippen LogP contribution is 2.23. The summed E-state index contributed by atoms with van der Waals surface area (Å²) in [6, 6.07) is 7.86. The minimum Gasteiger partial charge on any atom is -0.481 e. The molecule has 19 heavy (non-hydrogen) atoms. The Hall–Kier alpha value is -1.16. The monoisotopic (exact) mass is 282 g/mol. The average Bonchev–Trinajstić information content (AvgIpc) is 2.33. The van der Waals surface area contributed by atoms with Crippen molar-refractivity contribution >= 4 is 16.8 Å². The van der Waals surface area contributed by atoms with Gasteiger partial charge in [-0.05, 0) is 36.0 Å². The summed E-state index contributed by atoms with van der Waals surface area (Å²) in [5.41, 5.74) is 1.32. The predicted octanol–water partition coefficient (Wildman–Crippen LogP) is 3.35. The van der Waals surface area contributed by atoms with Crippen molar-refractivity contribution in [2.75, 3.05) is 5.75 Å². The molecule has 0 bridgehead atoms. The molecular formula is C15H22O3S. The van der Waals surface area contributed by atoms with E-state index in [1.807, 2.05) is 24.3 Å². The van der Waals surface area contributed by atoms with Gasteiger partial charge in [-0.25, -0.2) is 0 Å². The first-order valence-corrected chi connectivity index (χ1v) is 7.83. The largest absolute Gasteiger partial charge is 0.481 e. The maximum atomic E-state index is 12.0. The van der Waals surface area contributed by atoms with Gasteiger partial charge in [-0.3, -0.25) is 9.00 Å². The highest BCUT2D eigenvalue weighted by atomic mass is 32.2. The zero-order chi connectivity index (χ0) is 14.5. The van der Waals surface area contributed by atoms with Crippen LogP contribution in [0.15, 0.2) is 29.2 Å². The Bertz CT molecular complexity index is 443. The number of hydrogen-bond donors (Lipinski definition) is 1. The Kier molecular flexibility index (Phi) is 5.73. The second-order valence-corrected chi connectivity index (χ2v) is 7.25. The molecule has 0 heterocycles. The van der Waals surface area contributed by atoms with Gasteiger partial charge in [-0.2, -0.15) is 0 Å². The molecule has 0 spiro atoms. The summed E-state index contributed by atoms with van der Waals surface area (Å²) in [5, 5.41) is 8.53. The molecule has 0 aliphatic carbocycles. The smallest absolute Gasteiger partial charge is 0.303 e. The Balaban J connectivity index is 2.52. The van der Waals surface area contributed by atoms with Crippen molar-refractivity contribution in [1.82, 2.24) is 0 Å². The molecule has 1 aromatic carbocycles. The molecule has 3 nitrogen and oxygen atoms in total. The van der Waals surface area contributed by atoms with Gasteiger partial charge in [-0.1, -0.05) is 32.9 Å². The summed E-state index contributed by atoms with van der Waals surface area (Å²) in [4.78, 5) is 11.2. The van der Waals surface area contributed by atoms with Gasteiger partial charge in [-0.15, -0.1) is 0 Å². The quantitative estimate of drug-likeness (QED) is 0.814. The molecule has 1 N–H and O–H groups in total. The van der Waals surface area contributed by atoms with Crippen molar-refractivity contribution in [3.8, 4) is 0 Å². The first kappa shape index (κ1) is 15.9. The highest BCUT2D eigenvalue weighted by Gasteiger charge is 2.13. The lowest BCUT2D eigenvalue weighted by molar-refractivity contribution is -0.137. The van der Waals surface area contributed by atoms with Crippen LogP contribution in [0.3, 0.4) is 0 Å². The minimum atomic E-state index is -1.03. The van der Waals surface area contributed by atoms with Crippen LogP contribution in [0.2, 0.25) is 0 Å². The molecule has 0 radical (unpaired) electrons. The van der Waals surface area contributed by atoms with Crippen LogP contribution in [-0.2, 0) is 21.0 Å². The van der Waals surface area contributed by atoms with Gasteiger partial charge in [0.15, 0.2) is 0 Å². The fourth-order valence-corrected chi connectivity index (χ4v) is 2.88. The van der Waals surface area contributed by atoms with E-state index in [0.29, 0.717) is 18.6 Å². The maximum absolute atomic E-state index is 12.0. The van der Waals surface area contributed by atoms with E-state index < -0.39 is 16.8 Å². The molecule has 1 unspecified atom stereocenters. The van der Waals surface area contributed by atoms with Crippen molar-refractivity contribution < 1.29 is 14.1 Å². The van der Waals surface area contributed by atoms with Crippen molar-refractivity contribution in [3.63, 3.8) is 0 Å². The summed E-state index contributed by atoms with van der Waals surface area (Å²) >= 11 is 0. The second kappa shape index (κ2) is 6.85. The van der Waals surface area contributed by atoms with E-state index >= 15 is 0 Å². The van der Waals surface area contributed by atoms with Gasteiger partial charge in [0.05, 0.1) is 10.8 Å². The van der Waals surface area contributed by atoms with Crippen LogP contribution >= 0.6 is 0 Å². The first-order valence-electron chi connectivity index (χ1n) is 6.51. The number of rotatable bonds is 6. The van der Waals surface area contributed by atoms with E-state index in [2.05, 4.69) is 20.8 Å². The SMILES string of the molecule is CC(C)(C)c1ccc(S(=O)CCCCC(=O)O)cc1. The molecule has 106 valence electrons. The molecular weight excluding hydrogens is 260 g/mol. The highest BCUT2D eigenvalue weighted by molar-refractivity contribution is 7.85. The van der Waals surface area contributed by atoms with Crippen molar-refractivity contribution in [2.24, 2.45) is 0 Å². The van der Waals surface area contributed by atoms with Gasteiger partial charge in [0.1, 0.15) is 0 Å². The van der Waals surface area contributed by atoms with Crippen LogP contribution in [0.4, 0.5) is 0 Å². The third-order valence-electron chi connectivity index (χ3n) is 2.95. The van der Waals surface area contributed by atoms with E-state index in [0.717, 1.165) is 4.90 Å². The zero-order valence-corrected chi connectivity index (χ0v) is 12.6. The molecule has 0 saturated carbocycles. The van der Waals surface area contributed by atoms with Crippen LogP contribution in [0.25, 0.3) is 0 Å². The minimum absolute atomic E-state index is 0.0987. The van der Waals surface area contributed by atoms with Gasteiger partial charge >= 0.3 is 5.97 Å². The molecule has 0 fully saturated rings. The van der Waals surface area contributed by atoms with E-state index in [4.69, 9.17) is 5.11 Å². The fraction of sp³-hybridized carbons (Fsp3) is 0.533. The van der Waals surface area contributed by atoms with Crippen LogP contribution in [-0.4, -0.2) is 21.0 Å². The third-order valence-corrected chi connectivity index (χ3v) is 4.41.